The van der Waals surface area contributed by atoms with Crippen LogP contribution in [0.15, 0.2) is 64.2 Å². The molecule has 0 aliphatic carbocycles. The molecule has 0 bridgehead atoms. The minimum atomic E-state index is -0.227. The van der Waals surface area contributed by atoms with Crippen molar-refractivity contribution in [2.45, 2.75) is 48.8 Å². The lowest BCUT2D eigenvalue weighted by Gasteiger charge is -2.38. The van der Waals surface area contributed by atoms with E-state index in [1.807, 2.05) is 12.3 Å². The van der Waals surface area contributed by atoms with E-state index in [4.69, 9.17) is 16.3 Å². The largest absolute Gasteiger partial charge is 0.378 e. The van der Waals surface area contributed by atoms with Gasteiger partial charge in [0.2, 0.25) is 0 Å². The molecule has 0 N–H and O–H groups in total. The first-order valence-corrected chi connectivity index (χ1v) is 13.5. The number of hydrogen-bond acceptors (Lipinski definition) is 9. The third-order valence-electron chi connectivity index (χ3n) is 7.22. The molecule has 4 aromatic rings. The number of aromatic nitrogens is 6. The molecule has 11 heteroatoms. The molecule has 9 nitrogen and oxygen atoms in total. The van der Waals surface area contributed by atoms with Crippen LogP contribution in [-0.4, -0.2) is 55.3 Å². The molecule has 3 aromatic heterocycles. The number of ether oxygens (including phenoxy) is 1. The van der Waals surface area contributed by atoms with Gasteiger partial charge in [0.05, 0.1) is 65.8 Å². The molecule has 6 rings (SSSR count). The first-order valence-electron chi connectivity index (χ1n) is 12.3. The van der Waals surface area contributed by atoms with Gasteiger partial charge in [0.15, 0.2) is 0 Å². The van der Waals surface area contributed by atoms with E-state index in [2.05, 4.69) is 36.7 Å². The van der Waals surface area contributed by atoms with E-state index in [-0.39, 0.29) is 12.1 Å². The summed E-state index contributed by atoms with van der Waals surface area (Å²) in [5.74, 6) is 0.881. The zero-order valence-corrected chi connectivity index (χ0v) is 22.0. The molecule has 2 aliphatic rings. The first-order chi connectivity index (χ1) is 18.0. The molecule has 1 aromatic carbocycles. The smallest absolute Gasteiger partial charge is 0.263 e. The number of anilines is 1. The van der Waals surface area contributed by atoms with Crippen LogP contribution in [0.5, 0.6) is 0 Å². The Kier molecular flexibility index (Phi) is 6.56. The average molecular weight is 536 g/mol. The average Bonchev–Trinajstić information content (AvgIpc) is 3.28. The van der Waals surface area contributed by atoms with E-state index in [1.165, 1.54) is 22.7 Å². The predicted octanol–water partition coefficient (Wildman–Crippen LogP) is 4.22. The van der Waals surface area contributed by atoms with Gasteiger partial charge in [-0.05, 0) is 43.7 Å². The van der Waals surface area contributed by atoms with Crippen LogP contribution < -0.4 is 10.5 Å². The maximum atomic E-state index is 13.2. The van der Waals surface area contributed by atoms with Crippen LogP contribution in [0.1, 0.15) is 31.9 Å². The van der Waals surface area contributed by atoms with Crippen molar-refractivity contribution in [2.24, 2.45) is 5.41 Å². The summed E-state index contributed by atoms with van der Waals surface area (Å²) in [6.45, 7) is 5.22. The van der Waals surface area contributed by atoms with Gasteiger partial charge in [0.1, 0.15) is 10.8 Å². The summed E-state index contributed by atoms with van der Waals surface area (Å²) in [6.07, 6.45) is 13.6. The topological polar surface area (TPSA) is 98.9 Å². The number of fused-ring (bicyclic) bond motifs is 1. The number of piperidine rings is 1. The number of benzene rings is 1. The summed E-state index contributed by atoms with van der Waals surface area (Å²) in [5.41, 5.74) is 1.31. The molecule has 2 aliphatic heterocycles. The highest BCUT2D eigenvalue weighted by atomic mass is 35.5. The molecule has 5 heterocycles. The van der Waals surface area contributed by atoms with Crippen molar-refractivity contribution in [1.82, 2.24) is 29.5 Å². The van der Waals surface area contributed by atoms with E-state index in [0.717, 1.165) is 49.7 Å². The van der Waals surface area contributed by atoms with Crippen molar-refractivity contribution < 1.29 is 4.74 Å². The summed E-state index contributed by atoms with van der Waals surface area (Å²) in [7, 11) is 0. The highest BCUT2D eigenvalue weighted by Gasteiger charge is 2.41. The molecule has 37 heavy (non-hydrogen) atoms. The van der Waals surface area contributed by atoms with Crippen LogP contribution in [-0.2, 0) is 11.3 Å². The van der Waals surface area contributed by atoms with Crippen molar-refractivity contribution in [3.63, 3.8) is 0 Å². The minimum absolute atomic E-state index is 0.227. The fourth-order valence-corrected chi connectivity index (χ4v) is 6.33. The maximum absolute atomic E-state index is 13.2. The van der Waals surface area contributed by atoms with Crippen molar-refractivity contribution in [3.8, 4) is 0 Å². The molecule has 2 fully saturated rings. The van der Waals surface area contributed by atoms with Gasteiger partial charge in [-0.2, -0.15) is 0 Å². The van der Waals surface area contributed by atoms with E-state index >= 15 is 0 Å². The molecular weight excluding hydrogens is 510 g/mol. The van der Waals surface area contributed by atoms with Crippen molar-refractivity contribution in [2.75, 3.05) is 24.6 Å². The Morgan fingerprint density at radius 2 is 1.97 bits per heavy atom. The molecule has 0 amide bonds. The van der Waals surface area contributed by atoms with Gasteiger partial charge in [-0.3, -0.25) is 19.3 Å². The van der Waals surface area contributed by atoms with Gasteiger partial charge >= 0.3 is 0 Å². The number of halogens is 1. The molecule has 1 atom stereocenters. The Labute approximate surface area is 223 Å². The highest BCUT2D eigenvalue weighted by Crippen LogP contribution is 2.42. The Morgan fingerprint density at radius 1 is 1.11 bits per heavy atom. The summed E-state index contributed by atoms with van der Waals surface area (Å²) in [4.78, 5) is 38.3. The Bertz CT molecular complexity index is 1470. The number of nitrogens with zero attached hydrogens (tertiary/aromatic N) is 7. The van der Waals surface area contributed by atoms with Gasteiger partial charge in [-0.1, -0.05) is 23.4 Å². The molecule has 1 spiro atoms. The number of rotatable bonds is 5. The van der Waals surface area contributed by atoms with Crippen molar-refractivity contribution in [1.29, 1.82) is 0 Å². The molecule has 0 unspecified atom stereocenters. The van der Waals surface area contributed by atoms with E-state index in [1.54, 1.807) is 30.9 Å². The fourth-order valence-electron chi connectivity index (χ4n) is 5.21. The predicted molar refractivity (Wildman–Crippen MR) is 142 cm³/mol. The van der Waals surface area contributed by atoms with Gasteiger partial charge in [0.25, 0.3) is 5.56 Å². The second-order valence-electron chi connectivity index (χ2n) is 9.77. The molecule has 0 radical (unpaired) electrons. The minimum Gasteiger partial charge on any atom is -0.378 e. The van der Waals surface area contributed by atoms with Crippen LogP contribution in [0.2, 0.25) is 5.02 Å². The second-order valence-corrected chi connectivity index (χ2v) is 11.2. The Balaban J connectivity index is 1.18. The first kappa shape index (κ1) is 24.3. The third kappa shape index (κ3) is 4.93. The Morgan fingerprint density at radius 3 is 2.68 bits per heavy atom. The van der Waals surface area contributed by atoms with Crippen LogP contribution in [0.3, 0.4) is 0 Å². The lowest BCUT2D eigenvalue weighted by Crippen LogP contribution is -2.41. The zero-order valence-electron chi connectivity index (χ0n) is 20.4. The monoisotopic (exact) mass is 535 g/mol. The second kappa shape index (κ2) is 10.00. The summed E-state index contributed by atoms with van der Waals surface area (Å²) >= 11 is 8.11. The number of hydrogen-bond donors (Lipinski definition) is 0. The molecule has 2 saturated heterocycles. The van der Waals surface area contributed by atoms with E-state index in [0.29, 0.717) is 38.2 Å². The van der Waals surface area contributed by atoms with Gasteiger partial charge in [0, 0.05) is 30.4 Å². The standard InChI is InChI=1S/C26H26ClN7O2S/c1-17-10-26(15-36-17)4-8-33(9-5-26)21-12-31-22(13-30-21)37-20-3-2-19-23(24(20)27)25(35)34(16-32-19)14-18-11-28-6-7-29-18/h2-3,6-7,11-13,16-17H,4-5,8-10,14-15H2,1H3/t17-/m0/s1. The summed E-state index contributed by atoms with van der Waals surface area (Å²) in [5, 5.41) is 1.43. The maximum Gasteiger partial charge on any atom is 0.263 e. The molecule has 0 saturated carbocycles. The third-order valence-corrected chi connectivity index (χ3v) is 8.70. The highest BCUT2D eigenvalue weighted by molar-refractivity contribution is 7.99. The van der Waals surface area contributed by atoms with Gasteiger partial charge in [-0.15, -0.1) is 0 Å². The van der Waals surface area contributed by atoms with E-state index in [9.17, 15) is 4.79 Å². The van der Waals surface area contributed by atoms with Crippen molar-refractivity contribution in [3.05, 3.63) is 70.5 Å². The summed E-state index contributed by atoms with van der Waals surface area (Å²) < 4.78 is 7.33. The molecule has 190 valence electrons. The lowest BCUT2D eigenvalue weighted by atomic mass is 9.77. The van der Waals surface area contributed by atoms with Gasteiger partial charge < -0.3 is 9.64 Å². The fraction of sp³-hybridized carbons (Fsp3) is 0.385. The normalized spacial score (nSPS) is 19.1. The van der Waals surface area contributed by atoms with Gasteiger partial charge in [-0.25, -0.2) is 15.0 Å². The van der Waals surface area contributed by atoms with Crippen LogP contribution in [0, 0.1) is 5.41 Å². The Hall–Kier alpha value is -3.08. The SMILES string of the molecule is C[C@H]1CC2(CCN(c3cnc(Sc4ccc5ncn(Cc6cnccn6)c(=O)c5c4Cl)cn3)CC2)CO1. The van der Waals surface area contributed by atoms with Crippen LogP contribution in [0.4, 0.5) is 5.82 Å². The van der Waals surface area contributed by atoms with Crippen LogP contribution >= 0.6 is 23.4 Å². The summed E-state index contributed by atoms with van der Waals surface area (Å²) in [6, 6.07) is 3.66. The van der Waals surface area contributed by atoms with Crippen LogP contribution in [0.25, 0.3) is 10.9 Å². The lowest BCUT2D eigenvalue weighted by molar-refractivity contribution is 0.0976. The van der Waals surface area contributed by atoms with E-state index < -0.39 is 0 Å². The van der Waals surface area contributed by atoms with Crippen molar-refractivity contribution >= 4 is 40.1 Å². The zero-order chi connectivity index (χ0) is 25.4. The molecular formula is C26H26ClN7O2S. The quantitative estimate of drug-likeness (QED) is 0.372.